The summed E-state index contributed by atoms with van der Waals surface area (Å²) in [5.74, 6) is -0.814. The Morgan fingerprint density at radius 2 is 1.37 bits per heavy atom. The van der Waals surface area contributed by atoms with Crippen LogP contribution < -0.4 is 0 Å². The molecule has 0 aromatic rings. The molecule has 0 radical (unpaired) electrons. The van der Waals surface area contributed by atoms with Crippen LogP contribution in [0.25, 0.3) is 0 Å². The van der Waals surface area contributed by atoms with E-state index in [9.17, 15) is 9.59 Å². The first-order valence-electron chi connectivity index (χ1n) is 6.99. The fourth-order valence-electron chi connectivity index (χ4n) is 5.43. The van der Waals surface area contributed by atoms with Gasteiger partial charge in [-0.05, 0) is 12.8 Å². The molecule has 19 heavy (non-hydrogen) atoms. The summed E-state index contributed by atoms with van der Waals surface area (Å²) in [6.45, 7) is 0. The van der Waals surface area contributed by atoms with E-state index >= 15 is 0 Å². The highest BCUT2D eigenvalue weighted by molar-refractivity contribution is 5.98. The number of carbonyl (C=O) groups is 2. The number of cyclic esters (lactones) is 2. The summed E-state index contributed by atoms with van der Waals surface area (Å²) < 4.78 is 4.95. The van der Waals surface area contributed by atoms with E-state index in [-0.39, 0.29) is 46.4 Å². The monoisotopic (exact) mass is 254 g/mol. The molecule has 0 amide bonds. The third-order valence-electron chi connectivity index (χ3n) is 6.24. The first-order chi connectivity index (χ1) is 9.20. The fourth-order valence-corrected chi connectivity index (χ4v) is 5.43. The smallest absolute Gasteiger partial charge is 0.318 e. The van der Waals surface area contributed by atoms with E-state index in [1.165, 1.54) is 0 Å². The molecule has 0 aromatic carbocycles. The van der Waals surface area contributed by atoms with Crippen molar-refractivity contribution in [3.8, 4) is 0 Å². The number of esters is 2. The maximum atomic E-state index is 12.0. The van der Waals surface area contributed by atoms with Gasteiger partial charge in [-0.2, -0.15) is 0 Å². The van der Waals surface area contributed by atoms with E-state index in [0.717, 1.165) is 12.8 Å². The molecule has 96 valence electrons. The van der Waals surface area contributed by atoms with Crippen LogP contribution in [0.3, 0.4) is 0 Å². The summed E-state index contributed by atoms with van der Waals surface area (Å²) in [6.07, 6.45) is 15.3. The van der Waals surface area contributed by atoms with Gasteiger partial charge in [-0.1, -0.05) is 36.5 Å². The minimum absolute atomic E-state index is 0.0615. The van der Waals surface area contributed by atoms with Crippen LogP contribution in [-0.4, -0.2) is 11.9 Å². The van der Waals surface area contributed by atoms with Crippen LogP contribution in [0.4, 0.5) is 0 Å². The Balaban J connectivity index is 1.77. The molecule has 0 spiro atoms. The number of rotatable bonds is 0. The van der Waals surface area contributed by atoms with Gasteiger partial charge in [0.1, 0.15) is 0 Å². The topological polar surface area (TPSA) is 43.4 Å². The van der Waals surface area contributed by atoms with Crippen molar-refractivity contribution >= 4 is 11.9 Å². The van der Waals surface area contributed by atoms with E-state index in [4.69, 9.17) is 4.74 Å². The van der Waals surface area contributed by atoms with Crippen molar-refractivity contribution in [2.45, 2.75) is 12.8 Å². The number of ether oxygens (including phenoxy) is 1. The average Bonchev–Trinajstić information content (AvgIpc) is 2.69. The first kappa shape index (κ1) is 10.2. The molecular formula is C16H14O3. The van der Waals surface area contributed by atoms with Crippen molar-refractivity contribution < 1.29 is 14.3 Å². The lowest BCUT2D eigenvalue weighted by atomic mass is 9.33. The molecule has 6 atom stereocenters. The summed E-state index contributed by atoms with van der Waals surface area (Å²) in [5, 5.41) is 0. The molecule has 0 N–H and O–H groups in total. The van der Waals surface area contributed by atoms with Gasteiger partial charge in [0.15, 0.2) is 0 Å². The Morgan fingerprint density at radius 3 is 1.79 bits per heavy atom. The Bertz CT molecular complexity index is 563. The van der Waals surface area contributed by atoms with Gasteiger partial charge in [0.2, 0.25) is 0 Å². The zero-order chi connectivity index (χ0) is 12.8. The maximum Gasteiger partial charge on any atom is 0.318 e. The van der Waals surface area contributed by atoms with Gasteiger partial charge in [0.25, 0.3) is 0 Å². The molecule has 5 aliphatic carbocycles. The van der Waals surface area contributed by atoms with Gasteiger partial charge >= 0.3 is 11.9 Å². The molecule has 2 fully saturated rings. The zero-order valence-electron chi connectivity index (χ0n) is 10.4. The fraction of sp³-hybridized carbons (Fsp3) is 0.500. The van der Waals surface area contributed by atoms with Crippen molar-refractivity contribution in [1.82, 2.24) is 0 Å². The molecule has 1 saturated carbocycles. The van der Waals surface area contributed by atoms with Crippen LogP contribution in [0.15, 0.2) is 36.5 Å². The summed E-state index contributed by atoms with van der Waals surface area (Å²) >= 11 is 0. The average molecular weight is 254 g/mol. The lowest BCUT2D eigenvalue weighted by Crippen LogP contribution is -2.65. The normalized spacial score (nSPS) is 55.4. The van der Waals surface area contributed by atoms with Gasteiger partial charge in [-0.25, -0.2) is 0 Å². The lowest BCUT2D eigenvalue weighted by Gasteiger charge is -2.68. The number of hydrogen-bond acceptors (Lipinski definition) is 3. The third kappa shape index (κ3) is 0.814. The van der Waals surface area contributed by atoms with Gasteiger partial charge in [0, 0.05) is 22.7 Å². The highest BCUT2D eigenvalue weighted by atomic mass is 16.6. The summed E-state index contributed by atoms with van der Waals surface area (Å²) in [4.78, 5) is 24.1. The van der Waals surface area contributed by atoms with E-state index < -0.39 is 0 Å². The highest BCUT2D eigenvalue weighted by Gasteiger charge is 2.73. The Morgan fingerprint density at radius 1 is 0.895 bits per heavy atom. The summed E-state index contributed by atoms with van der Waals surface area (Å²) in [6, 6.07) is 0. The van der Waals surface area contributed by atoms with Crippen LogP contribution in [0.2, 0.25) is 0 Å². The predicted octanol–water partition coefficient (Wildman–Crippen LogP) is 2.01. The minimum Gasteiger partial charge on any atom is -0.393 e. The van der Waals surface area contributed by atoms with Crippen molar-refractivity contribution in [1.29, 1.82) is 0 Å². The number of carbonyl (C=O) groups excluding carboxylic acids is 2. The van der Waals surface area contributed by atoms with Gasteiger partial charge in [-0.15, -0.1) is 0 Å². The van der Waals surface area contributed by atoms with Crippen LogP contribution in [0.1, 0.15) is 12.8 Å². The van der Waals surface area contributed by atoms with E-state index in [1.54, 1.807) is 0 Å². The Hall–Kier alpha value is -1.64. The van der Waals surface area contributed by atoms with E-state index in [0.29, 0.717) is 0 Å². The molecule has 2 bridgehead atoms. The second-order valence-electron chi connectivity index (χ2n) is 6.52. The molecular weight excluding hydrogens is 240 g/mol. The van der Waals surface area contributed by atoms with Gasteiger partial charge in [0.05, 0.1) is 11.8 Å². The molecule has 6 aliphatic rings. The van der Waals surface area contributed by atoms with Crippen molar-refractivity contribution in [3.05, 3.63) is 36.5 Å². The van der Waals surface area contributed by atoms with Gasteiger partial charge < -0.3 is 4.74 Å². The number of hydrogen-bond donors (Lipinski definition) is 0. The van der Waals surface area contributed by atoms with Crippen molar-refractivity contribution in [3.63, 3.8) is 0 Å². The van der Waals surface area contributed by atoms with Crippen molar-refractivity contribution in [2.24, 2.45) is 34.5 Å². The van der Waals surface area contributed by atoms with Crippen molar-refractivity contribution in [2.75, 3.05) is 0 Å². The SMILES string of the molecule is O=C1OC(=O)[C@H]2[C@H]1[C@H]1C=C[C@H]2[C@@]23C=C[C@]12CC=CC3. The lowest BCUT2D eigenvalue weighted by molar-refractivity contribution is -0.154. The quantitative estimate of drug-likeness (QED) is 0.377. The molecule has 1 aliphatic heterocycles. The minimum atomic E-state index is -0.299. The second kappa shape index (κ2) is 2.77. The first-order valence-corrected chi connectivity index (χ1v) is 6.99. The van der Waals surface area contributed by atoms with Crippen LogP contribution in [0, 0.1) is 34.5 Å². The Labute approximate surface area is 111 Å². The van der Waals surface area contributed by atoms with Crippen LogP contribution in [-0.2, 0) is 14.3 Å². The molecule has 0 aromatic heterocycles. The van der Waals surface area contributed by atoms with Crippen LogP contribution in [0.5, 0.6) is 0 Å². The molecule has 6 rings (SSSR count). The predicted molar refractivity (Wildman–Crippen MR) is 66.6 cm³/mol. The van der Waals surface area contributed by atoms with Gasteiger partial charge in [-0.3, -0.25) is 9.59 Å². The Kier molecular flexibility index (Phi) is 1.48. The highest BCUT2D eigenvalue weighted by Crippen LogP contribution is 2.74. The molecule has 3 heteroatoms. The third-order valence-corrected chi connectivity index (χ3v) is 6.24. The maximum absolute atomic E-state index is 12.0. The molecule has 1 heterocycles. The van der Waals surface area contributed by atoms with E-state index in [2.05, 4.69) is 36.5 Å². The summed E-state index contributed by atoms with van der Waals surface area (Å²) in [5.41, 5.74) is 0.123. The standard InChI is InChI=1S/C16H14O3/c17-13-11-9-3-4-10(12(11)14(18)19-13)16-6-2-1-5-15(9,16)7-8-16/h1-4,7-12H,5-6H2/t9-,10-,11-,12-,15-,16-/m1/s1. The second-order valence-corrected chi connectivity index (χ2v) is 6.52. The number of allylic oxidation sites excluding steroid dienone is 6. The summed E-state index contributed by atoms with van der Waals surface area (Å²) in [7, 11) is 0. The van der Waals surface area contributed by atoms with Crippen LogP contribution >= 0.6 is 0 Å². The molecule has 0 unspecified atom stereocenters. The largest absolute Gasteiger partial charge is 0.393 e. The van der Waals surface area contributed by atoms with E-state index in [1.807, 2.05) is 0 Å². The molecule has 1 saturated heterocycles. The zero-order valence-corrected chi connectivity index (χ0v) is 10.4. The molecule has 3 nitrogen and oxygen atoms in total.